The van der Waals surface area contributed by atoms with Crippen LogP contribution in [0.25, 0.3) is 16.9 Å². The summed E-state index contributed by atoms with van der Waals surface area (Å²) in [5.74, 6) is -2.50. The molecule has 0 aliphatic rings. The molecule has 0 bridgehead atoms. The first-order valence-corrected chi connectivity index (χ1v) is 10.4. The molecule has 13 heteroatoms. The molecule has 1 unspecified atom stereocenters. The number of nitrogens with one attached hydrogen (secondary N) is 2. The molecule has 3 aromatic rings. The Morgan fingerprint density at radius 3 is 2.33 bits per heavy atom. The molecule has 2 N–H and O–H groups in total. The summed E-state index contributed by atoms with van der Waals surface area (Å²) in [6.45, 7) is 1.53. The monoisotopic (exact) mass is 491 g/mol. The van der Waals surface area contributed by atoms with Crippen molar-refractivity contribution in [1.82, 2.24) is 29.8 Å². The SMILES string of the molecule is CNC(CCN(C)C)c1cc(F)c(-c2c(Cl)nc3ncnn3c2N[C@@H](C)C(F)(F)F)c(F)c1. The molecule has 0 spiro atoms. The lowest BCUT2D eigenvalue weighted by atomic mass is 9.98. The number of aromatic nitrogens is 4. The van der Waals surface area contributed by atoms with E-state index in [1.807, 2.05) is 19.0 Å². The van der Waals surface area contributed by atoms with Gasteiger partial charge in [0.15, 0.2) is 0 Å². The van der Waals surface area contributed by atoms with Crippen LogP contribution in [-0.2, 0) is 0 Å². The molecule has 7 nitrogen and oxygen atoms in total. The number of fused-ring (bicyclic) bond motifs is 1. The maximum atomic E-state index is 15.3. The minimum Gasteiger partial charge on any atom is -0.358 e. The van der Waals surface area contributed by atoms with Crippen LogP contribution in [0, 0.1) is 11.6 Å². The minimum atomic E-state index is -4.65. The van der Waals surface area contributed by atoms with Gasteiger partial charge in [-0.3, -0.25) is 0 Å². The lowest BCUT2D eigenvalue weighted by molar-refractivity contribution is -0.138. The number of hydrogen-bond acceptors (Lipinski definition) is 6. The van der Waals surface area contributed by atoms with Crippen LogP contribution in [0.5, 0.6) is 0 Å². The van der Waals surface area contributed by atoms with Gasteiger partial charge in [-0.2, -0.15) is 32.8 Å². The van der Waals surface area contributed by atoms with Gasteiger partial charge in [-0.15, -0.1) is 0 Å². The molecule has 2 atom stereocenters. The topological polar surface area (TPSA) is 70.4 Å². The molecule has 2 heterocycles. The number of halogens is 6. The number of benzene rings is 1. The largest absolute Gasteiger partial charge is 0.408 e. The summed E-state index contributed by atoms with van der Waals surface area (Å²) in [7, 11) is 5.43. The van der Waals surface area contributed by atoms with Crippen LogP contribution >= 0.6 is 11.6 Å². The van der Waals surface area contributed by atoms with Gasteiger partial charge in [0.25, 0.3) is 5.78 Å². The van der Waals surface area contributed by atoms with Gasteiger partial charge >= 0.3 is 6.18 Å². The summed E-state index contributed by atoms with van der Waals surface area (Å²) >= 11 is 6.19. The van der Waals surface area contributed by atoms with Crippen molar-refractivity contribution in [3.05, 3.63) is 40.8 Å². The van der Waals surface area contributed by atoms with Crippen molar-refractivity contribution in [2.24, 2.45) is 0 Å². The van der Waals surface area contributed by atoms with Crippen LogP contribution in [0.3, 0.4) is 0 Å². The first kappa shape index (κ1) is 25.1. The van der Waals surface area contributed by atoms with E-state index in [1.54, 1.807) is 7.05 Å². The number of anilines is 1. The fourth-order valence-electron chi connectivity index (χ4n) is 3.36. The van der Waals surface area contributed by atoms with E-state index < -0.39 is 34.6 Å². The molecule has 0 amide bonds. The summed E-state index contributed by atoms with van der Waals surface area (Å²) in [5, 5.41) is 8.64. The Bertz CT molecular complexity index is 1110. The van der Waals surface area contributed by atoms with E-state index in [1.165, 1.54) is 0 Å². The van der Waals surface area contributed by atoms with Crippen molar-refractivity contribution < 1.29 is 22.0 Å². The molecule has 1 aromatic carbocycles. The molecule has 33 heavy (non-hydrogen) atoms. The van der Waals surface area contributed by atoms with Gasteiger partial charge < -0.3 is 15.5 Å². The number of rotatable bonds is 8. The summed E-state index contributed by atoms with van der Waals surface area (Å²) in [4.78, 5) is 9.67. The minimum absolute atomic E-state index is 0.128. The van der Waals surface area contributed by atoms with Crippen molar-refractivity contribution in [1.29, 1.82) is 0 Å². The van der Waals surface area contributed by atoms with E-state index in [9.17, 15) is 13.2 Å². The van der Waals surface area contributed by atoms with Crippen LogP contribution in [-0.4, -0.2) is 64.4 Å². The highest BCUT2D eigenvalue weighted by Gasteiger charge is 2.37. The highest BCUT2D eigenvalue weighted by molar-refractivity contribution is 6.33. The molecular weight excluding hydrogens is 469 g/mol. The van der Waals surface area contributed by atoms with E-state index >= 15 is 8.78 Å². The third-order valence-electron chi connectivity index (χ3n) is 5.16. The van der Waals surface area contributed by atoms with Gasteiger partial charge in [0.05, 0.1) is 11.1 Å². The maximum Gasteiger partial charge on any atom is 0.408 e. The first-order chi connectivity index (χ1) is 15.4. The molecule has 0 saturated carbocycles. The fourth-order valence-corrected chi connectivity index (χ4v) is 3.62. The van der Waals surface area contributed by atoms with Gasteiger partial charge in [0, 0.05) is 6.04 Å². The van der Waals surface area contributed by atoms with Crippen LogP contribution in [0.15, 0.2) is 18.5 Å². The van der Waals surface area contributed by atoms with Gasteiger partial charge in [0.1, 0.15) is 35.0 Å². The smallest absolute Gasteiger partial charge is 0.358 e. The zero-order valence-electron chi connectivity index (χ0n) is 18.3. The van der Waals surface area contributed by atoms with Crippen molar-refractivity contribution in [2.75, 3.05) is 33.0 Å². The van der Waals surface area contributed by atoms with Crippen LogP contribution < -0.4 is 10.6 Å². The molecule has 0 aliphatic heterocycles. The molecular formula is C20H23ClF5N7. The Hall–Kier alpha value is -2.57. The Kier molecular flexibility index (Phi) is 7.39. The van der Waals surface area contributed by atoms with E-state index in [0.29, 0.717) is 18.5 Å². The lowest BCUT2D eigenvalue weighted by Crippen LogP contribution is -2.34. The summed E-state index contributed by atoms with van der Waals surface area (Å²) in [5.41, 5.74) is -0.656. The average molecular weight is 492 g/mol. The Balaban J connectivity index is 2.16. The highest BCUT2D eigenvalue weighted by Crippen LogP contribution is 2.39. The summed E-state index contributed by atoms with van der Waals surface area (Å²) in [6.07, 6.45) is -3.03. The molecule has 2 aromatic heterocycles. The van der Waals surface area contributed by atoms with Crippen LogP contribution in [0.4, 0.5) is 27.8 Å². The van der Waals surface area contributed by atoms with Crippen LogP contribution in [0.2, 0.25) is 5.15 Å². The molecule has 3 rings (SSSR count). The Morgan fingerprint density at radius 2 is 1.79 bits per heavy atom. The second kappa shape index (κ2) is 9.74. The van der Waals surface area contributed by atoms with Crippen molar-refractivity contribution in [3.63, 3.8) is 0 Å². The highest BCUT2D eigenvalue weighted by atomic mass is 35.5. The number of alkyl halides is 3. The second-order valence-corrected chi connectivity index (χ2v) is 8.16. The number of hydrogen-bond donors (Lipinski definition) is 2. The number of nitrogens with zero attached hydrogens (tertiary/aromatic N) is 5. The normalized spacial score (nSPS) is 14.2. The molecule has 0 saturated heterocycles. The van der Waals surface area contributed by atoms with Crippen molar-refractivity contribution in [3.8, 4) is 11.1 Å². The zero-order chi connectivity index (χ0) is 24.5. The lowest BCUT2D eigenvalue weighted by Gasteiger charge is -2.23. The van der Waals surface area contributed by atoms with Gasteiger partial charge in [-0.1, -0.05) is 11.6 Å². The first-order valence-electron chi connectivity index (χ1n) is 9.97. The molecule has 0 fully saturated rings. The van der Waals surface area contributed by atoms with Crippen molar-refractivity contribution in [2.45, 2.75) is 31.6 Å². The summed E-state index contributed by atoms with van der Waals surface area (Å²) < 4.78 is 71.2. The third-order valence-corrected chi connectivity index (χ3v) is 5.43. The maximum absolute atomic E-state index is 15.3. The van der Waals surface area contributed by atoms with Gasteiger partial charge in [-0.05, 0) is 58.7 Å². The summed E-state index contributed by atoms with van der Waals surface area (Å²) in [6, 6.07) is -0.158. The standard InChI is InChI=1S/C20H23ClF5N7/c1-10(20(24,25)26)30-18-16(17(21)31-19-28-9-29-33(18)19)15-12(22)7-11(8-13(15)23)14(27-2)5-6-32(3)4/h7-10,14,27,30H,5-6H2,1-4H3/t10-,14?/m0/s1. The van der Waals surface area contributed by atoms with Crippen LogP contribution in [0.1, 0.15) is 24.9 Å². The van der Waals surface area contributed by atoms with E-state index in [4.69, 9.17) is 11.6 Å². The van der Waals surface area contributed by atoms with E-state index in [0.717, 1.165) is 29.9 Å². The fraction of sp³-hybridized carbons (Fsp3) is 0.450. The Labute approximate surface area is 192 Å². The third kappa shape index (κ3) is 5.33. The zero-order valence-corrected chi connectivity index (χ0v) is 19.1. The predicted octanol–water partition coefficient (Wildman–Crippen LogP) is 4.30. The Morgan fingerprint density at radius 1 is 1.15 bits per heavy atom. The van der Waals surface area contributed by atoms with E-state index in [2.05, 4.69) is 25.7 Å². The van der Waals surface area contributed by atoms with Crippen molar-refractivity contribution >= 4 is 23.2 Å². The molecule has 0 radical (unpaired) electrons. The molecule has 180 valence electrons. The average Bonchev–Trinajstić information content (AvgIpc) is 3.17. The van der Waals surface area contributed by atoms with Gasteiger partial charge in [-0.25, -0.2) is 8.78 Å². The van der Waals surface area contributed by atoms with Gasteiger partial charge in [0.2, 0.25) is 0 Å². The molecule has 0 aliphatic carbocycles. The second-order valence-electron chi connectivity index (χ2n) is 7.80. The quantitative estimate of drug-likeness (QED) is 0.362. The van der Waals surface area contributed by atoms with E-state index in [-0.39, 0.29) is 23.2 Å². The predicted molar refractivity (Wildman–Crippen MR) is 115 cm³/mol.